The lowest BCUT2D eigenvalue weighted by Crippen LogP contribution is -2.25. The molecule has 1 aromatic rings. The highest BCUT2D eigenvalue weighted by Gasteiger charge is 2.44. The Hall–Kier alpha value is -0.160. The van der Waals surface area contributed by atoms with Crippen molar-refractivity contribution in [2.24, 2.45) is 0 Å². The molecule has 3 unspecified atom stereocenters. The van der Waals surface area contributed by atoms with E-state index in [1.54, 1.807) is 0 Å². The normalized spacial score (nSPS) is 34.9. The quantitative estimate of drug-likeness (QED) is 0.741. The number of likely N-dealkylation sites (N-methyl/N-ethyl adjacent to an activating group) is 1. The van der Waals surface area contributed by atoms with Crippen LogP contribution in [0.4, 0.5) is 0 Å². The first kappa shape index (κ1) is 10.0. The number of rotatable bonds is 1. The molecule has 2 nitrogen and oxygen atoms in total. The van der Waals surface area contributed by atoms with Crippen LogP contribution in [0, 0.1) is 3.57 Å². The molecular formula is C12H15IN2. The summed E-state index contributed by atoms with van der Waals surface area (Å²) >= 11 is 2.35. The highest BCUT2D eigenvalue weighted by molar-refractivity contribution is 14.1. The molecule has 3 rings (SSSR count). The van der Waals surface area contributed by atoms with E-state index in [0.717, 1.165) is 18.0 Å². The van der Waals surface area contributed by atoms with Gasteiger partial charge >= 0.3 is 0 Å². The lowest BCUT2D eigenvalue weighted by molar-refractivity contribution is 0.307. The molecule has 2 aliphatic heterocycles. The Kier molecular flexibility index (Phi) is 2.47. The largest absolute Gasteiger partial charge is 0.300 e. The van der Waals surface area contributed by atoms with Gasteiger partial charge in [0.2, 0.25) is 0 Å². The molecule has 2 bridgehead atoms. The Morgan fingerprint density at radius 1 is 1.40 bits per heavy atom. The van der Waals surface area contributed by atoms with Gasteiger partial charge in [-0.05, 0) is 60.5 Å². The monoisotopic (exact) mass is 313 g/mol. The van der Waals surface area contributed by atoms with E-state index in [-0.39, 0.29) is 0 Å². The van der Waals surface area contributed by atoms with Gasteiger partial charge in [-0.3, -0.25) is 9.88 Å². The molecule has 2 saturated heterocycles. The lowest BCUT2D eigenvalue weighted by Gasteiger charge is -2.21. The summed E-state index contributed by atoms with van der Waals surface area (Å²) in [6, 6.07) is 3.90. The van der Waals surface area contributed by atoms with Crippen LogP contribution in [-0.4, -0.2) is 29.0 Å². The van der Waals surface area contributed by atoms with Gasteiger partial charge in [0.25, 0.3) is 0 Å². The van der Waals surface area contributed by atoms with Gasteiger partial charge in [0.15, 0.2) is 0 Å². The zero-order valence-corrected chi connectivity index (χ0v) is 11.0. The zero-order valence-electron chi connectivity index (χ0n) is 8.86. The topological polar surface area (TPSA) is 16.1 Å². The van der Waals surface area contributed by atoms with Crippen molar-refractivity contribution >= 4 is 22.6 Å². The fraction of sp³-hybridized carbons (Fsp3) is 0.583. The van der Waals surface area contributed by atoms with Gasteiger partial charge in [-0.15, -0.1) is 0 Å². The molecule has 3 heterocycles. The van der Waals surface area contributed by atoms with Crippen LogP contribution in [-0.2, 0) is 0 Å². The first-order chi connectivity index (χ1) is 7.25. The maximum Gasteiger partial charge on any atom is 0.0401 e. The predicted octanol–water partition coefficient (Wildman–Crippen LogP) is 2.64. The lowest BCUT2D eigenvalue weighted by atomic mass is 9.85. The SMILES string of the molecule is [11CH3]N1C2CCC1C(c1cncc(I)c1)C2. The van der Waals surface area contributed by atoms with Crippen molar-refractivity contribution in [2.75, 3.05) is 7.05 Å². The Balaban J connectivity index is 1.90. The van der Waals surface area contributed by atoms with Gasteiger partial charge < -0.3 is 0 Å². The average molecular weight is 313 g/mol. The fourth-order valence-corrected chi connectivity index (χ4v) is 3.77. The second-order valence-corrected chi connectivity index (χ2v) is 5.99. The highest BCUT2D eigenvalue weighted by atomic mass is 127. The molecule has 0 saturated carbocycles. The van der Waals surface area contributed by atoms with E-state index < -0.39 is 0 Å². The summed E-state index contributed by atoms with van der Waals surface area (Å²) in [5.74, 6) is 0.732. The minimum atomic E-state index is 0.732. The number of pyridine rings is 1. The number of halogens is 1. The van der Waals surface area contributed by atoms with Gasteiger partial charge in [0.1, 0.15) is 0 Å². The van der Waals surface area contributed by atoms with Crippen molar-refractivity contribution in [3.8, 4) is 0 Å². The van der Waals surface area contributed by atoms with Crippen molar-refractivity contribution in [3.05, 3.63) is 27.6 Å². The molecule has 0 aliphatic carbocycles. The molecular weight excluding hydrogens is 298 g/mol. The van der Waals surface area contributed by atoms with Crippen LogP contribution in [0.2, 0.25) is 0 Å². The molecule has 2 fully saturated rings. The van der Waals surface area contributed by atoms with E-state index in [9.17, 15) is 0 Å². The highest BCUT2D eigenvalue weighted by Crippen LogP contribution is 2.45. The van der Waals surface area contributed by atoms with Gasteiger partial charge in [0.05, 0.1) is 0 Å². The molecule has 15 heavy (non-hydrogen) atoms. The van der Waals surface area contributed by atoms with E-state index in [0.29, 0.717) is 0 Å². The third-order valence-electron chi connectivity index (χ3n) is 4.04. The molecule has 2 aliphatic rings. The van der Waals surface area contributed by atoms with E-state index in [2.05, 4.69) is 51.8 Å². The summed E-state index contributed by atoms with van der Waals surface area (Å²) in [5, 5.41) is 0. The van der Waals surface area contributed by atoms with Gasteiger partial charge in [-0.25, -0.2) is 0 Å². The molecule has 80 valence electrons. The molecule has 3 heteroatoms. The standard InChI is InChI=1S/C12H15IN2/c1-15-10-2-3-12(15)11(5-10)8-4-9(13)7-14-6-8/h4,6-7,10-12H,2-3,5H2,1H3/i1-1. The van der Waals surface area contributed by atoms with Crippen molar-refractivity contribution < 1.29 is 0 Å². The summed E-state index contributed by atoms with van der Waals surface area (Å²) in [6.07, 6.45) is 8.09. The van der Waals surface area contributed by atoms with Crippen LogP contribution >= 0.6 is 22.6 Å². The first-order valence-corrected chi connectivity index (χ1v) is 6.66. The molecule has 0 radical (unpaired) electrons. The van der Waals surface area contributed by atoms with Gasteiger partial charge in [0, 0.05) is 34.0 Å². The summed E-state index contributed by atoms with van der Waals surface area (Å²) < 4.78 is 1.26. The zero-order chi connectivity index (χ0) is 10.4. The summed E-state index contributed by atoms with van der Waals surface area (Å²) in [4.78, 5) is 6.89. The van der Waals surface area contributed by atoms with Crippen molar-refractivity contribution in [1.29, 1.82) is 0 Å². The number of aromatic nitrogens is 1. The minimum absolute atomic E-state index is 0.732. The second kappa shape index (κ2) is 3.70. The van der Waals surface area contributed by atoms with Crippen molar-refractivity contribution in [2.45, 2.75) is 37.3 Å². The second-order valence-electron chi connectivity index (χ2n) is 4.74. The van der Waals surface area contributed by atoms with Crippen molar-refractivity contribution in [3.63, 3.8) is 0 Å². The van der Waals surface area contributed by atoms with E-state index in [1.165, 1.54) is 28.4 Å². The summed E-state index contributed by atoms with van der Waals surface area (Å²) in [5.41, 5.74) is 1.45. The van der Waals surface area contributed by atoms with E-state index >= 15 is 0 Å². The molecule has 0 spiro atoms. The van der Waals surface area contributed by atoms with Gasteiger partial charge in [-0.1, -0.05) is 0 Å². The number of fused-ring (bicyclic) bond motifs is 2. The van der Waals surface area contributed by atoms with Crippen LogP contribution in [0.25, 0.3) is 0 Å². The molecule has 0 N–H and O–H groups in total. The van der Waals surface area contributed by atoms with Crippen molar-refractivity contribution in [1.82, 2.24) is 9.88 Å². The number of hydrogen-bond donors (Lipinski definition) is 0. The molecule has 0 aromatic carbocycles. The number of nitrogens with zero attached hydrogens (tertiary/aromatic N) is 2. The molecule has 0 amide bonds. The fourth-order valence-electron chi connectivity index (χ4n) is 3.25. The minimum Gasteiger partial charge on any atom is -0.300 e. The Morgan fingerprint density at radius 2 is 2.27 bits per heavy atom. The first-order valence-electron chi connectivity index (χ1n) is 5.58. The number of hydrogen-bond acceptors (Lipinski definition) is 2. The smallest absolute Gasteiger partial charge is 0.0401 e. The third-order valence-corrected chi connectivity index (χ3v) is 4.63. The third kappa shape index (κ3) is 1.60. The Bertz CT molecular complexity index is 380. The maximum absolute atomic E-state index is 4.31. The van der Waals surface area contributed by atoms with Crippen LogP contribution in [0.1, 0.15) is 30.7 Å². The summed E-state index contributed by atoms with van der Waals surface area (Å²) in [6.45, 7) is 0. The van der Waals surface area contributed by atoms with E-state index in [4.69, 9.17) is 0 Å². The average Bonchev–Trinajstić information content (AvgIpc) is 2.74. The summed E-state index contributed by atoms with van der Waals surface area (Å²) in [7, 11) is 2.28. The Labute approximate surface area is 104 Å². The van der Waals surface area contributed by atoms with Crippen LogP contribution in [0.15, 0.2) is 18.5 Å². The predicted molar refractivity (Wildman–Crippen MR) is 68.9 cm³/mol. The van der Waals surface area contributed by atoms with Crippen LogP contribution < -0.4 is 0 Å². The molecule has 3 atom stereocenters. The van der Waals surface area contributed by atoms with Crippen LogP contribution in [0.5, 0.6) is 0 Å². The Morgan fingerprint density at radius 3 is 2.87 bits per heavy atom. The van der Waals surface area contributed by atoms with Crippen LogP contribution in [0.3, 0.4) is 0 Å². The maximum atomic E-state index is 4.31. The molecule has 1 aromatic heterocycles. The van der Waals surface area contributed by atoms with Gasteiger partial charge in [-0.2, -0.15) is 0 Å². The van der Waals surface area contributed by atoms with E-state index in [1.807, 2.05) is 6.20 Å².